The van der Waals surface area contributed by atoms with Gasteiger partial charge in [-0.1, -0.05) is 149 Å². The molecule has 4 aromatic carbocycles. The second-order valence-corrected chi connectivity index (χ2v) is 14.3. The third-order valence-electron chi connectivity index (χ3n) is 10.1. The van der Waals surface area contributed by atoms with Gasteiger partial charge >= 0.3 is 0 Å². The monoisotopic (exact) mass is 678 g/mol. The van der Waals surface area contributed by atoms with Crippen LogP contribution in [0.25, 0.3) is 0 Å². The second-order valence-electron chi connectivity index (χ2n) is 14.3. The molecule has 266 valence electrons. The van der Waals surface area contributed by atoms with Gasteiger partial charge in [-0.2, -0.15) is 0 Å². The predicted molar refractivity (Wildman–Crippen MR) is 196 cm³/mol. The summed E-state index contributed by atoms with van der Waals surface area (Å²) in [7, 11) is 0. The van der Waals surface area contributed by atoms with Crippen LogP contribution in [0.2, 0.25) is 0 Å². The van der Waals surface area contributed by atoms with Crippen molar-refractivity contribution in [2.75, 3.05) is 6.61 Å². The first-order valence-corrected chi connectivity index (χ1v) is 18.4. The molecule has 0 N–H and O–H groups in total. The summed E-state index contributed by atoms with van der Waals surface area (Å²) in [5.74, 6) is 1.52. The van der Waals surface area contributed by atoms with Gasteiger partial charge in [-0.25, -0.2) is 0 Å². The first-order chi connectivity index (χ1) is 24.5. The first-order valence-electron chi connectivity index (χ1n) is 18.4. The molecule has 6 rings (SSSR count). The lowest BCUT2D eigenvalue weighted by Gasteiger charge is -2.48. The minimum atomic E-state index is -0.669. The fraction of sp³-hybridized carbons (Fsp3) is 0.455. The lowest BCUT2D eigenvalue weighted by Crippen LogP contribution is -2.62. The van der Waals surface area contributed by atoms with E-state index in [1.54, 1.807) is 0 Å². The van der Waals surface area contributed by atoms with E-state index in [-0.39, 0.29) is 6.10 Å². The quantitative estimate of drug-likeness (QED) is 0.118. The van der Waals surface area contributed by atoms with Crippen molar-refractivity contribution in [1.82, 2.24) is 0 Å². The van der Waals surface area contributed by atoms with Crippen LogP contribution < -0.4 is 0 Å². The topological polar surface area (TPSA) is 55.4 Å². The minimum absolute atomic E-state index is 0.0500. The lowest BCUT2D eigenvalue weighted by atomic mass is 9.75. The van der Waals surface area contributed by atoms with Crippen LogP contribution in [0.3, 0.4) is 0 Å². The van der Waals surface area contributed by atoms with Gasteiger partial charge < -0.3 is 28.4 Å². The average molecular weight is 679 g/mol. The average Bonchev–Trinajstić information content (AvgIpc) is 3.14. The van der Waals surface area contributed by atoms with Gasteiger partial charge in [-0.3, -0.25) is 0 Å². The molecule has 8 atom stereocenters. The van der Waals surface area contributed by atoms with Crippen LogP contribution in [0, 0.1) is 17.8 Å². The van der Waals surface area contributed by atoms with E-state index >= 15 is 0 Å². The van der Waals surface area contributed by atoms with Crippen molar-refractivity contribution in [2.24, 2.45) is 17.8 Å². The molecule has 2 aliphatic rings. The summed E-state index contributed by atoms with van der Waals surface area (Å²) in [6.07, 6.45) is 0.756. The third-order valence-corrected chi connectivity index (χ3v) is 10.1. The van der Waals surface area contributed by atoms with E-state index in [9.17, 15) is 0 Å². The van der Waals surface area contributed by atoms with Gasteiger partial charge in [-0.15, -0.1) is 0 Å². The largest absolute Gasteiger partial charge is 0.374 e. The molecule has 0 unspecified atom stereocenters. The smallest absolute Gasteiger partial charge is 0.187 e. The van der Waals surface area contributed by atoms with Gasteiger partial charge in [0, 0.05) is 0 Å². The molecule has 6 nitrogen and oxygen atoms in total. The molecule has 50 heavy (non-hydrogen) atoms. The Morgan fingerprint density at radius 3 is 1.54 bits per heavy atom. The van der Waals surface area contributed by atoms with Gasteiger partial charge in [0.05, 0.1) is 39.1 Å². The van der Waals surface area contributed by atoms with Crippen molar-refractivity contribution >= 4 is 0 Å². The van der Waals surface area contributed by atoms with Crippen molar-refractivity contribution in [2.45, 2.75) is 103 Å². The van der Waals surface area contributed by atoms with Crippen molar-refractivity contribution in [3.05, 3.63) is 144 Å². The van der Waals surface area contributed by atoms with Crippen LogP contribution in [0.4, 0.5) is 0 Å². The number of hydrogen-bond acceptors (Lipinski definition) is 6. The zero-order valence-corrected chi connectivity index (χ0v) is 29.8. The van der Waals surface area contributed by atoms with E-state index in [2.05, 4.69) is 69.3 Å². The standard InChI is InChI=1S/C44H54O6/c1-32(2)38-25-24-33(3)26-39(38)49-44-43(48-30-37-22-14-7-15-23-37)42(47-29-36-20-12-6-13-21-36)41(46-28-35-18-10-5-11-19-35)40(50-44)31-45-27-34-16-8-4-9-17-34/h4-23,32-33,38-44H,24-31H2,1-3H3/t33-,38+,39-,40+,41-,42-,43+,44+/m0/s1. The van der Waals surface area contributed by atoms with Crippen LogP contribution in [0.1, 0.15) is 62.3 Å². The Bertz CT molecular complexity index is 1500. The second kappa shape index (κ2) is 18.8. The van der Waals surface area contributed by atoms with Gasteiger partial charge in [-0.05, 0) is 52.8 Å². The van der Waals surface area contributed by atoms with Crippen LogP contribution >= 0.6 is 0 Å². The van der Waals surface area contributed by atoms with E-state index in [0.29, 0.717) is 50.8 Å². The van der Waals surface area contributed by atoms with E-state index < -0.39 is 30.7 Å². The predicted octanol–water partition coefficient (Wildman–Crippen LogP) is 9.16. The molecule has 0 amide bonds. The van der Waals surface area contributed by atoms with Crippen LogP contribution in [-0.2, 0) is 54.8 Å². The van der Waals surface area contributed by atoms with E-state index in [1.807, 2.05) is 72.8 Å². The molecule has 1 heterocycles. The maximum absolute atomic E-state index is 7.13. The van der Waals surface area contributed by atoms with Gasteiger partial charge in [0.2, 0.25) is 0 Å². The normalized spacial score (nSPS) is 27.0. The molecule has 1 aliphatic heterocycles. The highest BCUT2D eigenvalue weighted by atomic mass is 16.7. The minimum Gasteiger partial charge on any atom is -0.374 e. The summed E-state index contributed by atoms with van der Waals surface area (Å²) < 4.78 is 41.1. The fourth-order valence-corrected chi connectivity index (χ4v) is 7.30. The van der Waals surface area contributed by atoms with E-state index in [4.69, 9.17) is 28.4 Å². The number of benzene rings is 4. The van der Waals surface area contributed by atoms with Gasteiger partial charge in [0.1, 0.15) is 24.4 Å². The summed E-state index contributed by atoms with van der Waals surface area (Å²) in [5, 5.41) is 0. The zero-order chi connectivity index (χ0) is 34.5. The highest BCUT2D eigenvalue weighted by Gasteiger charge is 2.50. The van der Waals surface area contributed by atoms with E-state index in [1.165, 1.54) is 6.42 Å². The first kappa shape index (κ1) is 36.4. The number of hydrogen-bond donors (Lipinski definition) is 0. The molecule has 1 aliphatic carbocycles. The maximum Gasteiger partial charge on any atom is 0.187 e. The van der Waals surface area contributed by atoms with Crippen LogP contribution in [0.15, 0.2) is 121 Å². The third kappa shape index (κ3) is 10.3. The molecular formula is C44H54O6. The Kier molecular flexibility index (Phi) is 13.7. The SMILES string of the molecule is CC(C)[C@H]1CC[C@H](C)C[C@@H]1O[C@@H]1O[C@H](COCc2ccccc2)[C@H](OCc2ccccc2)[C@H](OCc2ccccc2)[C@H]1OCc1ccccc1. The lowest BCUT2D eigenvalue weighted by molar-refractivity contribution is -0.341. The molecule has 1 saturated carbocycles. The zero-order valence-electron chi connectivity index (χ0n) is 29.8. The van der Waals surface area contributed by atoms with Crippen LogP contribution in [0.5, 0.6) is 0 Å². The van der Waals surface area contributed by atoms with E-state index in [0.717, 1.165) is 35.1 Å². The Morgan fingerprint density at radius 1 is 0.580 bits per heavy atom. The molecule has 0 spiro atoms. The molecule has 0 aromatic heterocycles. The molecule has 1 saturated heterocycles. The Morgan fingerprint density at radius 2 is 1.04 bits per heavy atom. The summed E-state index contributed by atoms with van der Waals surface area (Å²) >= 11 is 0. The highest BCUT2D eigenvalue weighted by molar-refractivity contribution is 5.16. The number of ether oxygens (including phenoxy) is 6. The number of rotatable bonds is 16. The van der Waals surface area contributed by atoms with Gasteiger partial charge in [0.15, 0.2) is 6.29 Å². The molecule has 4 aromatic rings. The van der Waals surface area contributed by atoms with Crippen molar-refractivity contribution in [3.63, 3.8) is 0 Å². The highest BCUT2D eigenvalue weighted by Crippen LogP contribution is 2.39. The van der Waals surface area contributed by atoms with Crippen molar-refractivity contribution < 1.29 is 28.4 Å². The summed E-state index contributed by atoms with van der Waals surface area (Å²) in [6.45, 7) is 8.94. The maximum atomic E-state index is 7.13. The Labute approximate surface area is 299 Å². The molecular weight excluding hydrogens is 624 g/mol. The Hall–Kier alpha value is -3.36. The Balaban J connectivity index is 1.33. The van der Waals surface area contributed by atoms with Crippen molar-refractivity contribution in [1.29, 1.82) is 0 Å². The summed E-state index contributed by atoms with van der Waals surface area (Å²) in [5.41, 5.74) is 4.34. The molecule has 0 radical (unpaired) electrons. The molecule has 6 heteroatoms. The fourth-order valence-electron chi connectivity index (χ4n) is 7.30. The summed E-state index contributed by atoms with van der Waals surface area (Å²) in [4.78, 5) is 0. The molecule has 2 fully saturated rings. The van der Waals surface area contributed by atoms with Gasteiger partial charge in [0.25, 0.3) is 0 Å². The van der Waals surface area contributed by atoms with Crippen LogP contribution in [-0.4, -0.2) is 43.4 Å². The van der Waals surface area contributed by atoms with Crippen molar-refractivity contribution in [3.8, 4) is 0 Å². The summed E-state index contributed by atoms with van der Waals surface area (Å²) in [6, 6.07) is 41.0. The molecule has 0 bridgehead atoms.